The van der Waals surface area contributed by atoms with Crippen LogP contribution in [0.5, 0.6) is 0 Å². The summed E-state index contributed by atoms with van der Waals surface area (Å²) in [6.07, 6.45) is 0. The molecular formula is C9H7Cl2NS. The van der Waals surface area contributed by atoms with Gasteiger partial charge in [-0.05, 0) is 23.1 Å². The molecule has 0 saturated carbocycles. The van der Waals surface area contributed by atoms with Gasteiger partial charge >= 0.3 is 0 Å². The molecule has 0 aliphatic carbocycles. The second-order valence-corrected chi connectivity index (χ2v) is 4.32. The maximum absolute atomic E-state index is 6.02. The normalized spacial score (nSPS) is 10.9. The Kier molecular flexibility index (Phi) is 2.37. The standard InChI is InChI=1S/C9H7Cl2NS/c10-4-5-3-7-6(1-2-13-7)9(12)8(5)11/h1-3H,4,12H2. The van der Waals surface area contributed by atoms with E-state index in [1.165, 1.54) is 0 Å². The van der Waals surface area contributed by atoms with Crippen molar-refractivity contribution in [2.24, 2.45) is 0 Å². The van der Waals surface area contributed by atoms with Crippen LogP contribution in [0.3, 0.4) is 0 Å². The van der Waals surface area contributed by atoms with Crippen LogP contribution in [0, 0.1) is 0 Å². The van der Waals surface area contributed by atoms with Crippen molar-refractivity contribution in [1.29, 1.82) is 0 Å². The number of nitrogens with two attached hydrogens (primary N) is 1. The average Bonchev–Trinajstić information content (AvgIpc) is 2.59. The summed E-state index contributed by atoms with van der Waals surface area (Å²) in [5, 5.41) is 3.60. The third-order valence-corrected chi connectivity index (χ3v) is 3.55. The fraction of sp³-hybridized carbons (Fsp3) is 0.111. The van der Waals surface area contributed by atoms with E-state index in [9.17, 15) is 0 Å². The molecular weight excluding hydrogens is 225 g/mol. The monoisotopic (exact) mass is 231 g/mol. The molecule has 2 aromatic rings. The van der Waals surface area contributed by atoms with Gasteiger partial charge in [-0.1, -0.05) is 11.6 Å². The minimum absolute atomic E-state index is 0.400. The number of anilines is 1. The van der Waals surface area contributed by atoms with Gasteiger partial charge in [0.1, 0.15) is 0 Å². The first-order chi connectivity index (χ1) is 6.24. The highest BCUT2D eigenvalue weighted by Crippen LogP contribution is 2.35. The fourth-order valence-corrected chi connectivity index (χ4v) is 2.63. The van der Waals surface area contributed by atoms with E-state index in [-0.39, 0.29) is 0 Å². The molecule has 4 heteroatoms. The topological polar surface area (TPSA) is 26.0 Å². The molecule has 0 unspecified atom stereocenters. The van der Waals surface area contributed by atoms with Gasteiger partial charge in [-0.25, -0.2) is 0 Å². The van der Waals surface area contributed by atoms with Crippen LogP contribution in [-0.2, 0) is 5.88 Å². The Bertz CT molecular complexity index is 450. The highest BCUT2D eigenvalue weighted by molar-refractivity contribution is 7.17. The SMILES string of the molecule is Nc1c(Cl)c(CCl)cc2sccc12. The molecule has 1 aromatic heterocycles. The molecule has 0 spiro atoms. The molecule has 1 nitrogen and oxygen atoms in total. The van der Waals surface area contributed by atoms with Crippen LogP contribution in [0.1, 0.15) is 5.56 Å². The summed E-state index contributed by atoms with van der Waals surface area (Å²) in [5.41, 5.74) is 7.39. The molecule has 2 rings (SSSR count). The molecule has 0 radical (unpaired) electrons. The number of hydrogen-bond acceptors (Lipinski definition) is 2. The highest BCUT2D eigenvalue weighted by Gasteiger charge is 2.08. The molecule has 2 N–H and O–H groups in total. The predicted molar refractivity (Wildman–Crippen MR) is 60.8 cm³/mol. The Hall–Kier alpha value is -0.440. The Morgan fingerprint density at radius 3 is 2.92 bits per heavy atom. The second-order valence-electron chi connectivity index (χ2n) is 2.73. The fourth-order valence-electron chi connectivity index (χ4n) is 1.27. The quantitative estimate of drug-likeness (QED) is 0.586. The maximum atomic E-state index is 6.02. The summed E-state index contributed by atoms with van der Waals surface area (Å²) >= 11 is 13.4. The zero-order chi connectivity index (χ0) is 9.42. The first kappa shape index (κ1) is 9.13. The van der Waals surface area contributed by atoms with Crippen LogP contribution >= 0.6 is 34.5 Å². The van der Waals surface area contributed by atoms with Crippen LogP contribution in [0.2, 0.25) is 5.02 Å². The van der Waals surface area contributed by atoms with Gasteiger partial charge in [0.15, 0.2) is 0 Å². The van der Waals surface area contributed by atoms with Gasteiger partial charge in [-0.2, -0.15) is 0 Å². The lowest BCUT2D eigenvalue weighted by atomic mass is 10.1. The maximum Gasteiger partial charge on any atom is 0.0686 e. The van der Waals surface area contributed by atoms with Crippen molar-refractivity contribution in [3.8, 4) is 0 Å². The molecule has 0 bridgehead atoms. The lowest BCUT2D eigenvalue weighted by Crippen LogP contribution is -1.90. The third kappa shape index (κ3) is 1.39. The smallest absolute Gasteiger partial charge is 0.0686 e. The first-order valence-corrected chi connectivity index (χ1v) is 5.53. The Balaban J connectivity index is 2.83. The van der Waals surface area contributed by atoms with Crippen LogP contribution in [0.15, 0.2) is 17.5 Å². The average molecular weight is 232 g/mol. The zero-order valence-corrected chi connectivity index (χ0v) is 9.01. The van der Waals surface area contributed by atoms with Crippen molar-refractivity contribution in [1.82, 2.24) is 0 Å². The number of alkyl halides is 1. The number of fused-ring (bicyclic) bond motifs is 1. The molecule has 0 aliphatic heterocycles. The van der Waals surface area contributed by atoms with Crippen molar-refractivity contribution >= 4 is 50.3 Å². The van der Waals surface area contributed by atoms with E-state index in [0.29, 0.717) is 16.6 Å². The summed E-state index contributed by atoms with van der Waals surface area (Å²) in [7, 11) is 0. The minimum Gasteiger partial charge on any atom is -0.397 e. The van der Waals surface area contributed by atoms with Gasteiger partial charge in [-0.3, -0.25) is 0 Å². The first-order valence-electron chi connectivity index (χ1n) is 3.74. The van der Waals surface area contributed by atoms with Gasteiger partial charge in [-0.15, -0.1) is 22.9 Å². The van der Waals surface area contributed by atoms with E-state index in [1.54, 1.807) is 11.3 Å². The van der Waals surface area contributed by atoms with Crippen molar-refractivity contribution in [3.05, 3.63) is 28.1 Å². The number of hydrogen-bond donors (Lipinski definition) is 1. The van der Waals surface area contributed by atoms with Gasteiger partial charge in [0.25, 0.3) is 0 Å². The molecule has 1 aromatic carbocycles. The zero-order valence-electron chi connectivity index (χ0n) is 6.68. The number of thiophene rings is 1. The number of rotatable bonds is 1. The van der Waals surface area contributed by atoms with E-state index < -0.39 is 0 Å². The highest BCUT2D eigenvalue weighted by atomic mass is 35.5. The minimum atomic E-state index is 0.400. The van der Waals surface area contributed by atoms with Crippen molar-refractivity contribution in [2.75, 3.05) is 5.73 Å². The number of halogens is 2. The summed E-state index contributed by atoms with van der Waals surface area (Å²) in [6.45, 7) is 0. The van der Waals surface area contributed by atoms with Crippen LogP contribution < -0.4 is 5.73 Å². The Labute approximate surface area is 90.1 Å². The number of benzene rings is 1. The van der Waals surface area contributed by atoms with Crippen molar-refractivity contribution in [3.63, 3.8) is 0 Å². The van der Waals surface area contributed by atoms with E-state index in [4.69, 9.17) is 28.9 Å². The third-order valence-electron chi connectivity index (χ3n) is 1.95. The molecule has 0 aliphatic rings. The second kappa shape index (κ2) is 3.37. The largest absolute Gasteiger partial charge is 0.397 e. The van der Waals surface area contributed by atoms with E-state index >= 15 is 0 Å². The Morgan fingerprint density at radius 2 is 2.23 bits per heavy atom. The van der Waals surface area contributed by atoms with Crippen LogP contribution in [0.25, 0.3) is 10.1 Å². The van der Waals surface area contributed by atoms with Crippen molar-refractivity contribution < 1.29 is 0 Å². The molecule has 0 atom stereocenters. The molecule has 13 heavy (non-hydrogen) atoms. The summed E-state index contributed by atoms with van der Waals surface area (Å²) in [6, 6.07) is 3.96. The van der Waals surface area contributed by atoms with Crippen LogP contribution in [0.4, 0.5) is 5.69 Å². The molecule has 0 fully saturated rings. The van der Waals surface area contributed by atoms with Gasteiger partial charge in [0.2, 0.25) is 0 Å². The van der Waals surface area contributed by atoms with Gasteiger partial charge < -0.3 is 5.73 Å². The Morgan fingerprint density at radius 1 is 1.46 bits per heavy atom. The van der Waals surface area contributed by atoms with E-state index in [2.05, 4.69) is 0 Å². The number of nitrogen functional groups attached to an aromatic ring is 1. The van der Waals surface area contributed by atoms with Crippen LogP contribution in [-0.4, -0.2) is 0 Å². The van der Waals surface area contributed by atoms with E-state index in [0.717, 1.165) is 15.6 Å². The lowest BCUT2D eigenvalue weighted by Gasteiger charge is -2.04. The van der Waals surface area contributed by atoms with Gasteiger partial charge in [0.05, 0.1) is 10.7 Å². The van der Waals surface area contributed by atoms with Gasteiger partial charge in [0, 0.05) is 16.0 Å². The predicted octanol–water partition coefficient (Wildman–Crippen LogP) is 3.88. The lowest BCUT2D eigenvalue weighted by molar-refractivity contribution is 1.43. The van der Waals surface area contributed by atoms with Crippen molar-refractivity contribution in [2.45, 2.75) is 5.88 Å². The summed E-state index contributed by atoms with van der Waals surface area (Å²) < 4.78 is 1.14. The molecule has 68 valence electrons. The van der Waals surface area contributed by atoms with E-state index in [1.807, 2.05) is 17.5 Å². The summed E-state index contributed by atoms with van der Waals surface area (Å²) in [4.78, 5) is 0. The molecule has 0 saturated heterocycles. The summed E-state index contributed by atoms with van der Waals surface area (Å²) in [5.74, 6) is 0.400. The molecule has 0 amide bonds. The molecule has 1 heterocycles.